The highest BCUT2D eigenvalue weighted by atomic mass is 32.2. The van der Waals surface area contributed by atoms with Crippen LogP contribution in [0.5, 0.6) is 0 Å². The van der Waals surface area contributed by atoms with Crippen LogP contribution < -0.4 is 0 Å². The molecule has 1 aromatic heterocycles. The fourth-order valence-corrected chi connectivity index (χ4v) is 10.3. The Kier molecular flexibility index (Phi) is 9.17. The quantitative estimate of drug-likeness (QED) is 0.173. The largest absolute Gasteiger partial charge is 0.472 e. The van der Waals surface area contributed by atoms with Crippen molar-refractivity contribution in [3.05, 3.63) is 52.9 Å². The number of hydrogen-bond donors (Lipinski definition) is 1. The van der Waals surface area contributed by atoms with Gasteiger partial charge >= 0.3 is 5.97 Å². The minimum atomic E-state index is -0.490. The summed E-state index contributed by atoms with van der Waals surface area (Å²) in [6, 6.07) is 1.32. The van der Waals surface area contributed by atoms with Crippen LogP contribution in [0.25, 0.3) is 0 Å². The van der Waals surface area contributed by atoms with Gasteiger partial charge in [-0.2, -0.15) is 9.97 Å². The highest BCUT2D eigenvalue weighted by molar-refractivity contribution is 8.01. The van der Waals surface area contributed by atoms with Gasteiger partial charge in [-0.25, -0.2) is 0 Å². The van der Waals surface area contributed by atoms with Gasteiger partial charge < -0.3 is 14.4 Å². The number of hydroxylamine groups is 2. The van der Waals surface area contributed by atoms with Crippen LogP contribution in [0.15, 0.2) is 52.0 Å². The minimum absolute atomic E-state index is 0.0110. The average molecular weight is 609 g/mol. The predicted octanol–water partition coefficient (Wildman–Crippen LogP) is 5.23. The van der Waals surface area contributed by atoms with Gasteiger partial charge in [0, 0.05) is 35.8 Å². The normalized spacial score (nSPS) is 37.8. The second-order valence-electron chi connectivity index (χ2n) is 13.1. The summed E-state index contributed by atoms with van der Waals surface area (Å²) in [6.07, 6.45) is 20.0. The number of ether oxygens (including phenoxy) is 1. The minimum Gasteiger partial charge on any atom is -0.472 e. The Balaban J connectivity index is 0.00000180. The maximum atomic E-state index is 14.1. The molecular weight excluding hydrogens is 568 g/mol. The standard InChI is InChI=1S/C31H38N2O7S.C2H2/c1-30-8-5-21(34)12-20(30)3-4-22-23-11-19(15-33(38)14-18-6-9-39-16-18)27(31(23,2)13-24(32-37)28(22)30)25(35)17-41-26-7-10-40-29(26)36;1-2/h5-6,8-9,12,16,19,22-24,26-28,38H,3-4,7,10-11,13-15,17H2,1-2H3;1-2H/t19-,22?,23?,24?,26?,27+,28?,30?,31?;/m0./s1. The molecule has 1 aliphatic heterocycles. The number of furan rings is 1. The Morgan fingerprint density at radius 2 is 2.05 bits per heavy atom. The maximum absolute atomic E-state index is 14.1. The molecule has 0 bridgehead atoms. The van der Waals surface area contributed by atoms with E-state index in [1.165, 1.54) is 16.8 Å². The van der Waals surface area contributed by atoms with Gasteiger partial charge in [-0.3, -0.25) is 14.4 Å². The number of terminal acetylenes is 1. The lowest BCUT2D eigenvalue weighted by atomic mass is 9.46. The van der Waals surface area contributed by atoms with E-state index in [0.29, 0.717) is 26.0 Å². The van der Waals surface area contributed by atoms with Gasteiger partial charge in [-0.15, -0.1) is 24.6 Å². The number of thioether (sulfide) groups is 1. The molecule has 43 heavy (non-hydrogen) atoms. The van der Waals surface area contributed by atoms with E-state index in [1.54, 1.807) is 30.7 Å². The molecule has 9 atom stereocenters. The Morgan fingerprint density at radius 3 is 2.72 bits per heavy atom. The second kappa shape index (κ2) is 12.5. The number of nitrogens with zero attached hydrogens (tertiary/aromatic N) is 2. The third-order valence-corrected chi connectivity index (χ3v) is 12.1. The molecular formula is C33H40N2O7S. The van der Waals surface area contributed by atoms with Gasteiger partial charge in [0.15, 0.2) is 5.78 Å². The first-order valence-electron chi connectivity index (χ1n) is 15.0. The van der Waals surface area contributed by atoms with Crippen LogP contribution in [-0.4, -0.2) is 58.0 Å². The van der Waals surface area contributed by atoms with Gasteiger partial charge in [-0.05, 0) is 67.1 Å². The maximum Gasteiger partial charge on any atom is 0.319 e. The Hall–Kier alpha value is -3.00. The van der Waals surface area contributed by atoms with Crippen molar-refractivity contribution in [2.45, 2.75) is 63.8 Å². The molecule has 0 radical (unpaired) electrons. The third-order valence-electron chi connectivity index (χ3n) is 10.9. The summed E-state index contributed by atoms with van der Waals surface area (Å²) in [5.41, 5.74) is 1.03. The lowest BCUT2D eigenvalue weighted by Crippen LogP contribution is -2.56. The number of Topliss-reactive ketones (excluding diaryl/α,β-unsaturated/α-hetero) is 1. The van der Waals surface area contributed by atoms with E-state index in [1.807, 2.05) is 6.08 Å². The van der Waals surface area contributed by atoms with Gasteiger partial charge in [0.05, 0.1) is 37.5 Å². The van der Waals surface area contributed by atoms with Crippen LogP contribution in [0.1, 0.15) is 51.5 Å². The molecule has 0 aromatic carbocycles. The molecule has 6 rings (SSSR count). The highest BCUT2D eigenvalue weighted by Crippen LogP contribution is 2.67. The third kappa shape index (κ3) is 5.67. The number of carbonyl (C=O) groups is 3. The Bertz CT molecular complexity index is 1320. The van der Waals surface area contributed by atoms with E-state index < -0.39 is 16.9 Å². The molecule has 4 fully saturated rings. The first-order chi connectivity index (χ1) is 20.6. The molecule has 4 aliphatic carbocycles. The molecule has 230 valence electrons. The summed E-state index contributed by atoms with van der Waals surface area (Å²) in [7, 11) is 0. The molecule has 1 N–H and O–H groups in total. The fourth-order valence-electron chi connectivity index (χ4n) is 9.25. The van der Waals surface area contributed by atoms with E-state index in [2.05, 4.69) is 31.9 Å². The fraction of sp³-hybridized carbons (Fsp3) is 0.606. The average Bonchev–Trinajstić information content (AvgIpc) is 3.71. The van der Waals surface area contributed by atoms with Gasteiger partial charge in [0.1, 0.15) is 11.0 Å². The monoisotopic (exact) mass is 608 g/mol. The van der Waals surface area contributed by atoms with E-state index in [0.717, 1.165) is 30.4 Å². The molecule has 5 aliphatic rings. The van der Waals surface area contributed by atoms with Crippen molar-refractivity contribution in [1.82, 2.24) is 5.06 Å². The van der Waals surface area contributed by atoms with Crippen LogP contribution in [0, 0.1) is 58.2 Å². The summed E-state index contributed by atoms with van der Waals surface area (Å²) in [4.78, 5) is 50.9. The van der Waals surface area contributed by atoms with Crippen LogP contribution in [0.4, 0.5) is 0 Å². The van der Waals surface area contributed by atoms with Crippen LogP contribution in [-0.2, 0) is 25.7 Å². The lowest BCUT2D eigenvalue weighted by Gasteiger charge is -2.58. The summed E-state index contributed by atoms with van der Waals surface area (Å²) in [5.74, 6) is -0.235. The van der Waals surface area contributed by atoms with Crippen molar-refractivity contribution >= 4 is 29.3 Å². The Morgan fingerprint density at radius 1 is 1.26 bits per heavy atom. The zero-order valence-corrected chi connectivity index (χ0v) is 25.5. The van der Waals surface area contributed by atoms with E-state index >= 15 is 0 Å². The predicted molar refractivity (Wildman–Crippen MR) is 162 cm³/mol. The van der Waals surface area contributed by atoms with Gasteiger partial charge in [0.25, 0.3) is 0 Å². The van der Waals surface area contributed by atoms with Crippen LogP contribution in [0.3, 0.4) is 0 Å². The van der Waals surface area contributed by atoms with Crippen molar-refractivity contribution in [3.63, 3.8) is 0 Å². The van der Waals surface area contributed by atoms with E-state index in [-0.39, 0.29) is 64.7 Å². The lowest BCUT2D eigenvalue weighted by molar-refractivity contribution is -0.137. The van der Waals surface area contributed by atoms with Crippen molar-refractivity contribution in [1.29, 1.82) is 0 Å². The Labute approximate surface area is 256 Å². The molecule has 2 heterocycles. The summed E-state index contributed by atoms with van der Waals surface area (Å²) in [5, 5.41) is 15.6. The summed E-state index contributed by atoms with van der Waals surface area (Å²) in [6.45, 7) is 5.26. The number of cyclic esters (lactones) is 1. The molecule has 9 nitrogen and oxygen atoms in total. The zero-order chi connectivity index (χ0) is 30.9. The van der Waals surface area contributed by atoms with Crippen molar-refractivity contribution in [2.75, 3.05) is 18.9 Å². The topological polar surface area (TPSA) is 126 Å². The molecule has 0 amide bonds. The molecule has 1 aromatic rings. The van der Waals surface area contributed by atoms with Crippen molar-refractivity contribution < 1.29 is 28.7 Å². The molecule has 1 saturated heterocycles. The second-order valence-corrected chi connectivity index (χ2v) is 14.3. The number of nitroso groups, excluding NO2 is 1. The SMILES string of the molecule is C#C.CC12C=CC(=O)C=C1CCC1C2C(N=O)CC2(C)C1C[C@@H](CN(O)Cc1ccoc1)[C@@H]2C(=O)CSC1CCOC1=O. The summed E-state index contributed by atoms with van der Waals surface area (Å²) < 4.78 is 10.3. The molecule has 0 spiro atoms. The smallest absolute Gasteiger partial charge is 0.319 e. The molecule has 10 heteroatoms. The molecule has 7 unspecified atom stereocenters. The van der Waals surface area contributed by atoms with E-state index in [9.17, 15) is 24.5 Å². The number of fused-ring (bicyclic) bond motifs is 5. The van der Waals surface area contributed by atoms with Crippen LogP contribution >= 0.6 is 11.8 Å². The van der Waals surface area contributed by atoms with Gasteiger partial charge in [0.2, 0.25) is 0 Å². The van der Waals surface area contributed by atoms with Crippen molar-refractivity contribution in [2.24, 2.45) is 45.6 Å². The number of carbonyl (C=O) groups excluding carboxylic acids is 3. The first-order valence-corrected chi connectivity index (χ1v) is 16.0. The van der Waals surface area contributed by atoms with Crippen LogP contribution in [0.2, 0.25) is 0 Å². The number of rotatable bonds is 9. The highest BCUT2D eigenvalue weighted by Gasteiger charge is 2.65. The first kappa shape index (κ1) is 31.4. The van der Waals surface area contributed by atoms with Gasteiger partial charge in [-0.1, -0.05) is 30.7 Å². The van der Waals surface area contributed by atoms with E-state index in [4.69, 9.17) is 9.15 Å². The summed E-state index contributed by atoms with van der Waals surface area (Å²) >= 11 is 1.35. The number of hydrogen-bond acceptors (Lipinski definition) is 10. The number of allylic oxidation sites excluding steroid dienone is 4. The zero-order valence-electron chi connectivity index (χ0n) is 24.7. The van der Waals surface area contributed by atoms with Crippen molar-refractivity contribution in [3.8, 4) is 12.8 Å². The number of ketones is 2. The number of esters is 1. The molecule has 3 saturated carbocycles.